The first-order valence-electron chi connectivity index (χ1n) is 10.5. The highest BCUT2D eigenvalue weighted by molar-refractivity contribution is 5.96. The fraction of sp³-hybridized carbons (Fsp3) is 0.636. The Bertz CT molecular complexity index is 737. The number of benzene rings is 1. The molecule has 0 aliphatic heterocycles. The molecule has 0 saturated heterocycles. The molecule has 1 aliphatic rings. The van der Waals surface area contributed by atoms with E-state index in [1.165, 1.54) is 12.1 Å². The van der Waals surface area contributed by atoms with E-state index in [9.17, 15) is 22.8 Å². The average Bonchev–Trinajstić information content (AvgIpc) is 2.71. The van der Waals surface area contributed by atoms with Gasteiger partial charge in [-0.25, -0.2) is 0 Å². The molecule has 1 aromatic carbocycles. The number of carbonyl (C=O) groups excluding carboxylic acids is 2. The molecule has 1 saturated carbocycles. The summed E-state index contributed by atoms with van der Waals surface area (Å²) < 4.78 is 38.4. The molecule has 168 valence electrons. The lowest BCUT2D eigenvalue weighted by Crippen LogP contribution is -2.50. The monoisotopic (exact) mass is 427 g/mol. The number of hydrogen-bond donors (Lipinski definition) is 2. The highest BCUT2D eigenvalue weighted by atomic mass is 19.4. The van der Waals surface area contributed by atoms with Crippen molar-refractivity contribution in [3.8, 4) is 0 Å². The van der Waals surface area contributed by atoms with Crippen molar-refractivity contribution in [2.24, 2.45) is 5.92 Å². The van der Waals surface area contributed by atoms with Crippen LogP contribution in [0.1, 0.15) is 62.4 Å². The zero-order chi connectivity index (χ0) is 22.5. The van der Waals surface area contributed by atoms with Gasteiger partial charge in [-0.15, -0.1) is 0 Å². The molecule has 1 aromatic rings. The summed E-state index contributed by atoms with van der Waals surface area (Å²) in [6, 6.07) is 5.16. The van der Waals surface area contributed by atoms with Gasteiger partial charge in [0.25, 0.3) is 5.91 Å². The standard InChI is InChI=1S/C22H32F3N3O2/c1-5-15-12-18(28(4)14(2)3)9-10-19(15)27-20(29)13-26-21(30)16-7-6-8-17(11-16)22(23,24)25/h6-8,11,14-15,18-19H,5,9-10,12-13H2,1-4H3,(H,26,30)(H,27,29)/t15?,18-,19+/m1/s1. The van der Waals surface area contributed by atoms with Gasteiger partial charge >= 0.3 is 6.18 Å². The quantitative estimate of drug-likeness (QED) is 0.695. The van der Waals surface area contributed by atoms with Gasteiger partial charge in [0.05, 0.1) is 12.1 Å². The van der Waals surface area contributed by atoms with Crippen LogP contribution in [-0.2, 0) is 11.0 Å². The Morgan fingerprint density at radius 1 is 1.23 bits per heavy atom. The highest BCUT2D eigenvalue weighted by Gasteiger charge is 2.33. The van der Waals surface area contributed by atoms with Crippen molar-refractivity contribution >= 4 is 11.8 Å². The maximum absolute atomic E-state index is 12.8. The van der Waals surface area contributed by atoms with E-state index in [1.54, 1.807) is 0 Å². The molecule has 0 aromatic heterocycles. The number of carbonyl (C=O) groups is 2. The number of hydrogen-bond acceptors (Lipinski definition) is 3. The van der Waals surface area contributed by atoms with E-state index in [4.69, 9.17) is 0 Å². The maximum atomic E-state index is 12.8. The summed E-state index contributed by atoms with van der Waals surface area (Å²) in [7, 11) is 2.13. The van der Waals surface area contributed by atoms with Crippen LogP contribution in [0.5, 0.6) is 0 Å². The molecular weight excluding hydrogens is 395 g/mol. The van der Waals surface area contributed by atoms with Gasteiger partial charge in [0.2, 0.25) is 5.91 Å². The Kier molecular flexibility index (Phi) is 8.29. The summed E-state index contributed by atoms with van der Waals surface area (Å²) >= 11 is 0. The summed E-state index contributed by atoms with van der Waals surface area (Å²) in [5.41, 5.74) is -1.02. The summed E-state index contributed by atoms with van der Waals surface area (Å²) in [5, 5.41) is 5.41. The minimum atomic E-state index is -4.52. The van der Waals surface area contributed by atoms with Crippen LogP contribution in [0.3, 0.4) is 0 Å². The maximum Gasteiger partial charge on any atom is 0.416 e. The predicted octanol–water partition coefficient (Wildman–Crippen LogP) is 3.84. The number of rotatable bonds is 7. The van der Waals surface area contributed by atoms with Crippen LogP contribution < -0.4 is 10.6 Å². The zero-order valence-corrected chi connectivity index (χ0v) is 18.1. The molecule has 0 heterocycles. The molecular formula is C22H32F3N3O2. The minimum Gasteiger partial charge on any atom is -0.352 e. The molecule has 2 amide bonds. The van der Waals surface area contributed by atoms with Crippen LogP contribution in [0.15, 0.2) is 24.3 Å². The van der Waals surface area contributed by atoms with Gasteiger partial charge in [-0.05, 0) is 64.3 Å². The second-order valence-corrected chi connectivity index (χ2v) is 8.33. The third kappa shape index (κ3) is 6.45. The summed E-state index contributed by atoms with van der Waals surface area (Å²) in [4.78, 5) is 26.9. The zero-order valence-electron chi connectivity index (χ0n) is 18.1. The summed E-state index contributed by atoms with van der Waals surface area (Å²) in [5.74, 6) is -0.673. The molecule has 0 spiro atoms. The van der Waals surface area contributed by atoms with Gasteiger partial charge in [0, 0.05) is 23.7 Å². The Hall–Kier alpha value is -2.09. The van der Waals surface area contributed by atoms with Crippen LogP contribution in [0.2, 0.25) is 0 Å². The third-order valence-corrected chi connectivity index (χ3v) is 6.08. The highest BCUT2D eigenvalue weighted by Crippen LogP contribution is 2.31. The van der Waals surface area contributed by atoms with E-state index < -0.39 is 17.6 Å². The van der Waals surface area contributed by atoms with Gasteiger partial charge in [0.15, 0.2) is 0 Å². The lowest BCUT2D eigenvalue weighted by molar-refractivity contribution is -0.137. The van der Waals surface area contributed by atoms with Crippen LogP contribution in [-0.4, -0.2) is 48.4 Å². The second-order valence-electron chi connectivity index (χ2n) is 8.33. The first-order chi connectivity index (χ1) is 14.0. The van der Waals surface area contributed by atoms with E-state index in [0.29, 0.717) is 18.0 Å². The van der Waals surface area contributed by atoms with Gasteiger partial charge in [-0.2, -0.15) is 13.2 Å². The molecule has 0 bridgehead atoms. The summed E-state index contributed by atoms with van der Waals surface area (Å²) in [6.45, 7) is 6.18. The van der Waals surface area contributed by atoms with Gasteiger partial charge in [0.1, 0.15) is 0 Å². The van der Waals surface area contributed by atoms with Crippen molar-refractivity contribution in [1.82, 2.24) is 15.5 Å². The van der Waals surface area contributed by atoms with E-state index in [2.05, 4.69) is 43.4 Å². The van der Waals surface area contributed by atoms with Gasteiger partial charge < -0.3 is 15.5 Å². The fourth-order valence-electron chi connectivity index (χ4n) is 4.03. The molecule has 1 fully saturated rings. The molecule has 5 nitrogen and oxygen atoms in total. The van der Waals surface area contributed by atoms with Crippen LogP contribution in [0.4, 0.5) is 13.2 Å². The van der Waals surface area contributed by atoms with Gasteiger partial charge in [-0.1, -0.05) is 19.4 Å². The fourth-order valence-corrected chi connectivity index (χ4v) is 4.03. The SMILES string of the molecule is CCC1C[C@H](N(C)C(C)C)CC[C@@H]1NC(=O)CNC(=O)c1cccc(C(F)(F)F)c1. The summed E-state index contributed by atoms with van der Waals surface area (Å²) in [6.07, 6.45) is -0.706. The van der Waals surface area contributed by atoms with Crippen LogP contribution in [0, 0.1) is 5.92 Å². The first kappa shape index (κ1) is 24.2. The minimum absolute atomic E-state index is 0.0461. The lowest BCUT2D eigenvalue weighted by atomic mass is 9.79. The average molecular weight is 428 g/mol. The van der Waals surface area contributed by atoms with E-state index in [-0.39, 0.29) is 24.1 Å². The van der Waals surface area contributed by atoms with E-state index in [1.807, 2.05) is 0 Å². The van der Waals surface area contributed by atoms with Crippen molar-refractivity contribution in [2.75, 3.05) is 13.6 Å². The Labute approximate surface area is 176 Å². The van der Waals surface area contributed by atoms with E-state index >= 15 is 0 Å². The van der Waals surface area contributed by atoms with Crippen molar-refractivity contribution in [3.05, 3.63) is 35.4 Å². The van der Waals surface area contributed by atoms with E-state index in [0.717, 1.165) is 37.8 Å². The van der Waals surface area contributed by atoms with Crippen molar-refractivity contribution in [2.45, 2.75) is 70.8 Å². The van der Waals surface area contributed by atoms with Gasteiger partial charge in [-0.3, -0.25) is 9.59 Å². The second kappa shape index (κ2) is 10.3. The Balaban J connectivity index is 1.88. The Morgan fingerprint density at radius 2 is 1.93 bits per heavy atom. The molecule has 8 heteroatoms. The van der Waals surface area contributed by atoms with Crippen LogP contribution in [0.25, 0.3) is 0 Å². The van der Waals surface area contributed by atoms with Crippen LogP contribution >= 0.6 is 0 Å². The van der Waals surface area contributed by atoms with Crippen molar-refractivity contribution in [1.29, 1.82) is 0 Å². The number of amides is 2. The molecule has 2 N–H and O–H groups in total. The number of halogens is 3. The third-order valence-electron chi connectivity index (χ3n) is 6.08. The number of nitrogens with one attached hydrogen (secondary N) is 2. The smallest absolute Gasteiger partial charge is 0.352 e. The molecule has 1 aliphatic carbocycles. The first-order valence-corrected chi connectivity index (χ1v) is 10.5. The molecule has 30 heavy (non-hydrogen) atoms. The van der Waals surface area contributed by atoms with Crippen molar-refractivity contribution < 1.29 is 22.8 Å². The topological polar surface area (TPSA) is 61.4 Å². The normalized spacial score (nSPS) is 22.2. The molecule has 2 rings (SSSR count). The van der Waals surface area contributed by atoms with Crippen molar-refractivity contribution in [3.63, 3.8) is 0 Å². The Morgan fingerprint density at radius 3 is 2.53 bits per heavy atom. The predicted molar refractivity (Wildman–Crippen MR) is 110 cm³/mol. The number of nitrogens with zero attached hydrogens (tertiary/aromatic N) is 1. The largest absolute Gasteiger partial charge is 0.416 e. The molecule has 0 radical (unpaired) electrons. The number of alkyl halides is 3. The lowest BCUT2D eigenvalue weighted by Gasteiger charge is -2.41. The molecule has 1 unspecified atom stereocenters. The molecule has 3 atom stereocenters.